The molecule has 0 aliphatic carbocycles. The number of urea groups is 1. The standard InChI is InChI=1S/C36H45N3O4/c1-3-4-12-28-17-18-32(27(2)25-28)38-35(41)37-21-11-22-39-23-19-29(20-24-39)33(26-39)43-34(40)36(42,30-13-7-5-8-14-30)31-15-9-6-10-16-31/h5-10,13-18,25,29,33,42H,3-4,11-12,19-24,26H2,1-2H3,(H-,37,38,41)/p+1/t29?,33-,39?/m0/s1. The van der Waals surface area contributed by atoms with Gasteiger partial charge in [0.25, 0.3) is 0 Å². The molecule has 0 unspecified atom stereocenters. The van der Waals surface area contributed by atoms with Gasteiger partial charge in [0.1, 0.15) is 6.54 Å². The number of quaternary nitrogens is 1. The van der Waals surface area contributed by atoms with Gasteiger partial charge in [-0.05, 0) is 48.1 Å². The lowest BCUT2D eigenvalue weighted by molar-refractivity contribution is -0.946. The average molecular weight is 585 g/mol. The lowest BCUT2D eigenvalue weighted by Gasteiger charge is -2.52. The van der Waals surface area contributed by atoms with E-state index in [0.29, 0.717) is 23.6 Å². The molecule has 3 saturated heterocycles. The zero-order valence-corrected chi connectivity index (χ0v) is 25.6. The van der Waals surface area contributed by atoms with Gasteiger partial charge in [0.15, 0.2) is 6.10 Å². The third-order valence-corrected chi connectivity index (χ3v) is 9.43. The summed E-state index contributed by atoms with van der Waals surface area (Å²) in [6.45, 7) is 8.56. The topological polar surface area (TPSA) is 87.7 Å². The smallest absolute Gasteiger partial charge is 0.348 e. The molecule has 2 bridgehead atoms. The van der Waals surface area contributed by atoms with Gasteiger partial charge in [0.2, 0.25) is 5.60 Å². The Kier molecular flexibility index (Phi) is 9.83. The normalized spacial score (nSPS) is 21.3. The highest BCUT2D eigenvalue weighted by molar-refractivity contribution is 5.90. The van der Waals surface area contributed by atoms with Crippen LogP contribution in [0.4, 0.5) is 10.5 Å². The Bertz CT molecular complexity index is 1330. The molecule has 1 atom stereocenters. The van der Waals surface area contributed by atoms with Crippen molar-refractivity contribution in [3.8, 4) is 0 Å². The summed E-state index contributed by atoms with van der Waals surface area (Å²) in [7, 11) is 0. The van der Waals surface area contributed by atoms with Crippen molar-refractivity contribution in [2.75, 3.05) is 38.0 Å². The van der Waals surface area contributed by atoms with E-state index in [2.05, 4.69) is 29.7 Å². The molecule has 3 fully saturated rings. The number of unbranched alkanes of at least 4 members (excludes halogenated alkanes) is 1. The molecule has 228 valence electrons. The van der Waals surface area contributed by atoms with Gasteiger partial charge < -0.3 is 25.0 Å². The number of nitrogens with one attached hydrogen (secondary N) is 2. The summed E-state index contributed by atoms with van der Waals surface area (Å²) < 4.78 is 7.07. The molecule has 3 aliphatic rings. The van der Waals surface area contributed by atoms with Gasteiger partial charge in [-0.25, -0.2) is 9.59 Å². The fourth-order valence-corrected chi connectivity index (χ4v) is 6.84. The van der Waals surface area contributed by atoms with Crippen LogP contribution in [-0.2, 0) is 21.6 Å². The fraction of sp³-hybridized carbons (Fsp3) is 0.444. The Hall–Kier alpha value is -3.68. The lowest BCUT2D eigenvalue weighted by Crippen LogP contribution is -2.65. The van der Waals surface area contributed by atoms with Crippen LogP contribution in [0.1, 0.15) is 61.3 Å². The molecule has 0 spiro atoms. The minimum Gasteiger partial charge on any atom is -0.453 e. The van der Waals surface area contributed by atoms with Gasteiger partial charge >= 0.3 is 12.0 Å². The number of nitrogens with zero attached hydrogens (tertiary/aromatic N) is 1. The van der Waals surface area contributed by atoms with Gasteiger partial charge in [0.05, 0.1) is 19.6 Å². The molecule has 0 radical (unpaired) electrons. The number of fused-ring (bicyclic) bond motifs is 3. The number of aryl methyl sites for hydroxylation is 2. The average Bonchev–Trinajstić information content (AvgIpc) is 3.04. The van der Waals surface area contributed by atoms with Gasteiger partial charge in [-0.15, -0.1) is 0 Å². The zero-order valence-electron chi connectivity index (χ0n) is 25.6. The molecule has 2 amide bonds. The number of esters is 1. The van der Waals surface area contributed by atoms with Crippen molar-refractivity contribution < 1.29 is 23.9 Å². The molecular weight excluding hydrogens is 538 g/mol. The van der Waals surface area contributed by atoms with E-state index in [0.717, 1.165) is 67.6 Å². The Labute approximate surface area is 255 Å². The second kappa shape index (κ2) is 13.7. The van der Waals surface area contributed by atoms with Gasteiger partial charge in [-0.1, -0.05) is 86.1 Å². The first-order chi connectivity index (χ1) is 20.8. The summed E-state index contributed by atoms with van der Waals surface area (Å²) >= 11 is 0. The van der Waals surface area contributed by atoms with Crippen molar-refractivity contribution >= 4 is 17.7 Å². The van der Waals surface area contributed by atoms with Gasteiger partial charge in [0, 0.05) is 37.4 Å². The minimum atomic E-state index is -1.87. The molecule has 0 saturated carbocycles. The molecule has 3 aromatic carbocycles. The maximum atomic E-state index is 13.8. The summed E-state index contributed by atoms with van der Waals surface area (Å²) in [4.78, 5) is 26.4. The molecule has 3 aromatic rings. The summed E-state index contributed by atoms with van der Waals surface area (Å²) in [6.07, 6.45) is 5.98. The first-order valence-corrected chi connectivity index (χ1v) is 15.9. The maximum absolute atomic E-state index is 13.8. The number of hydrogen-bond acceptors (Lipinski definition) is 4. The molecule has 3 N–H and O–H groups in total. The highest BCUT2D eigenvalue weighted by Gasteiger charge is 2.50. The van der Waals surface area contributed by atoms with Crippen LogP contribution in [0.15, 0.2) is 78.9 Å². The van der Waals surface area contributed by atoms with E-state index in [-0.39, 0.29) is 12.1 Å². The number of anilines is 1. The second-order valence-corrected chi connectivity index (χ2v) is 12.4. The first kappa shape index (κ1) is 30.8. The van der Waals surface area contributed by atoms with E-state index >= 15 is 0 Å². The highest BCUT2D eigenvalue weighted by atomic mass is 16.6. The van der Waals surface area contributed by atoms with E-state index < -0.39 is 11.6 Å². The van der Waals surface area contributed by atoms with E-state index in [1.807, 2.05) is 49.4 Å². The number of carbonyl (C=O) groups excluding carboxylic acids is 2. The van der Waals surface area contributed by atoms with E-state index in [1.54, 1.807) is 24.3 Å². The van der Waals surface area contributed by atoms with Crippen LogP contribution < -0.4 is 10.6 Å². The van der Waals surface area contributed by atoms with Crippen LogP contribution in [0, 0.1) is 12.8 Å². The van der Waals surface area contributed by atoms with E-state index in [4.69, 9.17) is 4.74 Å². The third kappa shape index (κ3) is 7.11. The summed E-state index contributed by atoms with van der Waals surface area (Å²) in [5, 5.41) is 17.9. The zero-order chi connectivity index (χ0) is 30.3. The van der Waals surface area contributed by atoms with E-state index in [9.17, 15) is 14.7 Å². The summed E-state index contributed by atoms with van der Waals surface area (Å²) in [6, 6.07) is 24.2. The van der Waals surface area contributed by atoms with E-state index in [1.165, 1.54) is 18.4 Å². The Morgan fingerprint density at radius 2 is 1.60 bits per heavy atom. The predicted octanol–water partition coefficient (Wildman–Crippen LogP) is 5.94. The van der Waals surface area contributed by atoms with Crippen LogP contribution in [0.25, 0.3) is 0 Å². The predicted molar refractivity (Wildman–Crippen MR) is 170 cm³/mol. The minimum absolute atomic E-state index is 0.185. The molecule has 7 nitrogen and oxygen atoms in total. The van der Waals surface area contributed by atoms with Gasteiger partial charge in [-0.2, -0.15) is 0 Å². The fourth-order valence-electron chi connectivity index (χ4n) is 6.84. The number of amides is 2. The van der Waals surface area contributed by atoms with Crippen LogP contribution in [-0.4, -0.2) is 60.4 Å². The van der Waals surface area contributed by atoms with Gasteiger partial charge in [-0.3, -0.25) is 0 Å². The molecule has 3 aliphatic heterocycles. The monoisotopic (exact) mass is 584 g/mol. The van der Waals surface area contributed by atoms with Crippen LogP contribution in [0.5, 0.6) is 0 Å². The van der Waals surface area contributed by atoms with Crippen molar-refractivity contribution in [2.45, 2.75) is 64.1 Å². The second-order valence-electron chi connectivity index (χ2n) is 12.4. The number of rotatable bonds is 12. The number of ether oxygens (including phenoxy) is 1. The Balaban J connectivity index is 1.15. The highest BCUT2D eigenvalue weighted by Crippen LogP contribution is 2.38. The molecule has 7 heteroatoms. The van der Waals surface area contributed by atoms with Crippen molar-refractivity contribution in [3.63, 3.8) is 0 Å². The number of aliphatic hydroxyl groups is 1. The quantitative estimate of drug-likeness (QED) is 0.140. The number of carbonyl (C=O) groups is 2. The SMILES string of the molecule is CCCCc1ccc(NC(=O)NCCC[N+]23CCC(CC2)[C@@H](OC(=O)C(O)(c2ccccc2)c2ccccc2)C3)c(C)c1. The molecule has 6 rings (SSSR count). The van der Waals surface area contributed by atoms with Crippen molar-refractivity contribution in [1.29, 1.82) is 0 Å². The van der Waals surface area contributed by atoms with Crippen molar-refractivity contribution in [2.24, 2.45) is 5.92 Å². The Morgan fingerprint density at radius 1 is 0.953 bits per heavy atom. The molecular formula is C36H46N3O4+. The third-order valence-electron chi connectivity index (χ3n) is 9.43. The largest absolute Gasteiger partial charge is 0.453 e. The van der Waals surface area contributed by atoms with Crippen molar-refractivity contribution in [1.82, 2.24) is 5.32 Å². The maximum Gasteiger partial charge on any atom is 0.348 e. The lowest BCUT2D eigenvalue weighted by atomic mass is 9.82. The number of benzene rings is 3. The van der Waals surface area contributed by atoms with Crippen molar-refractivity contribution in [3.05, 3.63) is 101 Å². The molecule has 3 heterocycles. The van der Waals surface area contributed by atoms with Crippen LogP contribution in [0.3, 0.4) is 0 Å². The molecule has 0 aromatic heterocycles. The first-order valence-electron chi connectivity index (χ1n) is 15.9. The number of piperidine rings is 3. The van der Waals surface area contributed by atoms with Crippen LogP contribution >= 0.6 is 0 Å². The number of hydrogen-bond donors (Lipinski definition) is 3. The summed E-state index contributed by atoms with van der Waals surface area (Å²) in [5.41, 5.74) is 2.36. The molecule has 43 heavy (non-hydrogen) atoms. The Morgan fingerprint density at radius 3 is 2.21 bits per heavy atom. The summed E-state index contributed by atoms with van der Waals surface area (Å²) in [5.74, 6) is -0.311. The van der Waals surface area contributed by atoms with Crippen LogP contribution in [0.2, 0.25) is 0 Å².